The van der Waals surface area contributed by atoms with E-state index in [1.807, 2.05) is 0 Å². The molecule has 0 rings (SSSR count). The van der Waals surface area contributed by atoms with Crippen LogP contribution in [0.5, 0.6) is 0 Å². The first-order chi connectivity index (χ1) is 10.1. The highest BCUT2D eigenvalue weighted by Gasteiger charge is 2.23. The van der Waals surface area contributed by atoms with Crippen LogP contribution in [0, 0.1) is 5.92 Å². The van der Waals surface area contributed by atoms with Gasteiger partial charge in [0, 0.05) is 0 Å². The van der Waals surface area contributed by atoms with Crippen molar-refractivity contribution >= 4 is 11.9 Å². The molecule has 4 heteroatoms. The van der Waals surface area contributed by atoms with Gasteiger partial charge in [0.05, 0.1) is 13.7 Å². The molecule has 0 saturated heterocycles. The van der Waals surface area contributed by atoms with E-state index in [1.165, 1.54) is 65.4 Å². The molecule has 21 heavy (non-hydrogen) atoms. The summed E-state index contributed by atoms with van der Waals surface area (Å²) in [6.07, 6.45) is 12.4. The minimum absolute atomic E-state index is 0.399. The topological polar surface area (TPSA) is 52.6 Å². The monoisotopic (exact) mass is 300 g/mol. The van der Waals surface area contributed by atoms with E-state index >= 15 is 0 Å². The number of hydrogen-bond acceptors (Lipinski definition) is 4. The smallest absolute Gasteiger partial charge is 0.320 e. The zero-order chi connectivity index (χ0) is 15.9. The maximum Gasteiger partial charge on any atom is 0.320 e. The molecular weight excluding hydrogens is 268 g/mol. The molecule has 0 aromatic rings. The van der Waals surface area contributed by atoms with Gasteiger partial charge in [0.15, 0.2) is 5.92 Å². The van der Waals surface area contributed by atoms with E-state index in [2.05, 4.69) is 11.7 Å². The molecule has 4 nitrogen and oxygen atoms in total. The van der Waals surface area contributed by atoms with Crippen LogP contribution in [0.3, 0.4) is 0 Å². The molecule has 0 N–H and O–H groups in total. The Hall–Kier alpha value is -1.06. The summed E-state index contributed by atoms with van der Waals surface area (Å²) in [5.74, 6) is -1.85. The van der Waals surface area contributed by atoms with Gasteiger partial charge in [0.25, 0.3) is 0 Å². The molecule has 0 radical (unpaired) electrons. The van der Waals surface area contributed by atoms with Crippen molar-refractivity contribution in [3.63, 3.8) is 0 Å². The van der Waals surface area contributed by atoms with E-state index in [1.54, 1.807) is 0 Å². The van der Waals surface area contributed by atoms with Gasteiger partial charge in [-0.3, -0.25) is 9.59 Å². The first-order valence-electron chi connectivity index (χ1n) is 8.38. The molecule has 0 aliphatic carbocycles. The second kappa shape index (κ2) is 13.9. The van der Waals surface area contributed by atoms with Crippen molar-refractivity contribution in [3.8, 4) is 0 Å². The van der Waals surface area contributed by atoms with Crippen LogP contribution in [-0.2, 0) is 19.1 Å². The lowest BCUT2D eigenvalue weighted by Crippen LogP contribution is -2.24. The Morgan fingerprint density at radius 1 is 0.810 bits per heavy atom. The highest BCUT2D eigenvalue weighted by atomic mass is 16.5. The molecule has 0 unspecified atom stereocenters. The third-order valence-electron chi connectivity index (χ3n) is 3.65. The number of unbranched alkanes of at least 4 members (excludes halogenated alkanes) is 9. The molecule has 0 aromatic heterocycles. The van der Waals surface area contributed by atoms with Crippen molar-refractivity contribution in [2.24, 2.45) is 5.92 Å². The normalized spacial score (nSPS) is 12.0. The Balaban J connectivity index is 3.32. The fraction of sp³-hybridized carbons (Fsp3) is 0.882. The lowest BCUT2D eigenvalue weighted by molar-refractivity contribution is -0.159. The summed E-state index contributed by atoms with van der Waals surface area (Å²) < 4.78 is 9.56. The second-order valence-corrected chi connectivity index (χ2v) is 5.59. The number of rotatable bonds is 13. The summed E-state index contributed by atoms with van der Waals surface area (Å²) in [7, 11) is 1.27. The fourth-order valence-electron chi connectivity index (χ4n) is 2.16. The van der Waals surface area contributed by atoms with Crippen molar-refractivity contribution in [2.45, 2.75) is 78.1 Å². The largest absolute Gasteiger partial charge is 0.468 e. The maximum atomic E-state index is 11.5. The first kappa shape index (κ1) is 19.9. The van der Waals surface area contributed by atoms with Crippen LogP contribution in [0.25, 0.3) is 0 Å². The summed E-state index contributed by atoms with van der Waals surface area (Å²) in [6.45, 7) is 4.14. The predicted octanol–water partition coefficient (Wildman–Crippen LogP) is 4.26. The third-order valence-corrected chi connectivity index (χ3v) is 3.65. The van der Waals surface area contributed by atoms with Gasteiger partial charge in [-0.05, 0) is 13.3 Å². The van der Waals surface area contributed by atoms with E-state index in [-0.39, 0.29) is 0 Å². The molecular formula is C17H32O4. The minimum Gasteiger partial charge on any atom is -0.468 e. The van der Waals surface area contributed by atoms with Crippen LogP contribution in [-0.4, -0.2) is 25.7 Å². The zero-order valence-corrected chi connectivity index (χ0v) is 14.0. The number of carbonyl (C=O) groups is 2. The number of methoxy groups -OCH3 is 1. The number of ether oxygens (including phenoxy) is 2. The summed E-state index contributed by atoms with van der Waals surface area (Å²) in [4.78, 5) is 22.6. The van der Waals surface area contributed by atoms with Crippen LogP contribution in [0.4, 0.5) is 0 Å². The number of hydrogen-bond donors (Lipinski definition) is 0. The van der Waals surface area contributed by atoms with E-state index in [9.17, 15) is 9.59 Å². The first-order valence-corrected chi connectivity index (χ1v) is 8.38. The predicted molar refractivity (Wildman–Crippen MR) is 84.0 cm³/mol. The van der Waals surface area contributed by atoms with Gasteiger partial charge >= 0.3 is 11.9 Å². The maximum absolute atomic E-state index is 11.5. The quantitative estimate of drug-likeness (QED) is 0.290. The van der Waals surface area contributed by atoms with Gasteiger partial charge in [-0.2, -0.15) is 0 Å². The Bertz CT molecular complexity index is 276. The molecule has 0 aliphatic heterocycles. The van der Waals surface area contributed by atoms with Crippen LogP contribution < -0.4 is 0 Å². The summed E-state index contributed by atoms with van der Waals surface area (Å²) in [5, 5.41) is 0. The highest BCUT2D eigenvalue weighted by Crippen LogP contribution is 2.10. The average molecular weight is 300 g/mol. The van der Waals surface area contributed by atoms with Crippen LogP contribution in [0.2, 0.25) is 0 Å². The Morgan fingerprint density at radius 2 is 1.29 bits per heavy atom. The number of carbonyl (C=O) groups excluding carboxylic acids is 2. The van der Waals surface area contributed by atoms with Crippen molar-refractivity contribution in [1.82, 2.24) is 0 Å². The minimum atomic E-state index is -0.821. The van der Waals surface area contributed by atoms with Crippen molar-refractivity contribution < 1.29 is 19.1 Å². The van der Waals surface area contributed by atoms with Gasteiger partial charge in [-0.15, -0.1) is 0 Å². The van der Waals surface area contributed by atoms with Gasteiger partial charge < -0.3 is 9.47 Å². The average Bonchev–Trinajstić information content (AvgIpc) is 2.50. The Kier molecular flexibility index (Phi) is 13.2. The van der Waals surface area contributed by atoms with Gasteiger partial charge in [-0.1, -0.05) is 64.7 Å². The van der Waals surface area contributed by atoms with E-state index in [4.69, 9.17) is 4.74 Å². The van der Waals surface area contributed by atoms with E-state index < -0.39 is 17.9 Å². The zero-order valence-electron chi connectivity index (χ0n) is 14.0. The van der Waals surface area contributed by atoms with Crippen molar-refractivity contribution in [3.05, 3.63) is 0 Å². The molecule has 0 bridgehead atoms. The van der Waals surface area contributed by atoms with Gasteiger partial charge in [-0.25, -0.2) is 0 Å². The SMILES string of the molecule is CCCCCCCCCCCCOC(=O)[C@@H](C)C(=O)OC. The van der Waals surface area contributed by atoms with Crippen LogP contribution in [0.15, 0.2) is 0 Å². The Labute approximate surface area is 129 Å². The molecule has 0 spiro atoms. The fourth-order valence-corrected chi connectivity index (χ4v) is 2.16. The summed E-state index contributed by atoms with van der Waals surface area (Å²) >= 11 is 0. The molecule has 0 heterocycles. The second-order valence-electron chi connectivity index (χ2n) is 5.59. The van der Waals surface area contributed by atoms with E-state index in [0.717, 1.165) is 12.8 Å². The third kappa shape index (κ3) is 11.3. The summed E-state index contributed by atoms with van der Waals surface area (Å²) in [5.41, 5.74) is 0. The van der Waals surface area contributed by atoms with Gasteiger partial charge in [0.1, 0.15) is 0 Å². The number of esters is 2. The lowest BCUT2D eigenvalue weighted by atomic mass is 10.1. The molecule has 124 valence electrons. The van der Waals surface area contributed by atoms with Crippen molar-refractivity contribution in [2.75, 3.05) is 13.7 Å². The standard InChI is InChI=1S/C17H32O4/c1-4-5-6-7-8-9-10-11-12-13-14-21-17(19)15(2)16(18)20-3/h15H,4-14H2,1-3H3/t15-/m0/s1. The molecule has 0 aliphatic rings. The van der Waals surface area contributed by atoms with Crippen LogP contribution >= 0.6 is 0 Å². The Morgan fingerprint density at radius 3 is 1.76 bits per heavy atom. The lowest BCUT2D eigenvalue weighted by Gasteiger charge is -2.09. The van der Waals surface area contributed by atoms with Crippen molar-refractivity contribution in [1.29, 1.82) is 0 Å². The molecule has 0 fully saturated rings. The van der Waals surface area contributed by atoms with Crippen LogP contribution in [0.1, 0.15) is 78.1 Å². The summed E-state index contributed by atoms with van der Waals surface area (Å²) in [6, 6.07) is 0. The van der Waals surface area contributed by atoms with Gasteiger partial charge in [0.2, 0.25) is 0 Å². The van der Waals surface area contributed by atoms with E-state index in [0.29, 0.717) is 6.61 Å². The highest BCUT2D eigenvalue weighted by molar-refractivity contribution is 5.94. The molecule has 1 atom stereocenters. The molecule has 0 amide bonds. The molecule has 0 saturated carbocycles. The molecule has 0 aromatic carbocycles.